The van der Waals surface area contributed by atoms with Gasteiger partial charge in [-0.3, -0.25) is 0 Å². The zero-order chi connectivity index (χ0) is 10.2. The van der Waals surface area contributed by atoms with Crippen LogP contribution >= 0.6 is 11.6 Å². The average molecular weight is 211 g/mol. The van der Waals surface area contributed by atoms with Crippen LogP contribution < -0.4 is 5.73 Å². The Hall–Kier alpha value is -0.570. The number of nitrogens with two attached hydrogens (primary N) is 1. The van der Waals surface area contributed by atoms with Crippen molar-refractivity contribution in [3.63, 3.8) is 0 Å². The maximum absolute atomic E-state index is 12.0. The molecular weight excluding hydrogens is 198 g/mol. The molecule has 1 saturated carbocycles. The van der Waals surface area contributed by atoms with Crippen molar-refractivity contribution < 1.29 is 5.11 Å². The lowest BCUT2D eigenvalue weighted by Crippen LogP contribution is -2.32. The minimum atomic E-state index is -0.878. The molecule has 75 valence electrons. The Kier molecular flexibility index (Phi) is 2.52. The van der Waals surface area contributed by atoms with Crippen molar-refractivity contribution in [2.24, 2.45) is 5.73 Å². The lowest BCUT2D eigenvalue weighted by molar-refractivity contribution is -0.0984. The summed E-state index contributed by atoms with van der Waals surface area (Å²) in [6, 6.07) is 5.49. The zero-order valence-corrected chi connectivity index (χ0v) is 8.68. The van der Waals surface area contributed by atoms with Gasteiger partial charge in [0, 0.05) is 11.6 Å². The largest absolute Gasteiger partial charge is 0.326 e. The molecule has 2 N–H and O–H groups in total. The Labute approximate surface area is 88.7 Å². The average Bonchev–Trinajstić information content (AvgIpc) is 2.14. The second-order valence-corrected chi connectivity index (χ2v) is 4.27. The molecule has 1 aliphatic rings. The van der Waals surface area contributed by atoms with Gasteiger partial charge in [0.25, 0.3) is 0 Å². The summed E-state index contributed by atoms with van der Waals surface area (Å²) in [5, 5.41) is 12.6. The van der Waals surface area contributed by atoms with Gasteiger partial charge in [0.2, 0.25) is 0 Å². The van der Waals surface area contributed by atoms with Gasteiger partial charge in [-0.2, -0.15) is 0 Å². The molecule has 0 unspecified atom stereocenters. The van der Waals surface area contributed by atoms with Gasteiger partial charge in [-0.15, -0.1) is 0 Å². The Bertz CT molecular complexity index is 347. The number of hydrogen-bond acceptors (Lipinski definition) is 1. The summed E-state index contributed by atoms with van der Waals surface area (Å²) in [5.41, 5.74) is 6.33. The van der Waals surface area contributed by atoms with Gasteiger partial charge in [-0.25, -0.2) is 5.11 Å². The van der Waals surface area contributed by atoms with Gasteiger partial charge >= 0.3 is 0 Å². The molecule has 3 heteroatoms. The van der Waals surface area contributed by atoms with Crippen molar-refractivity contribution in [2.45, 2.75) is 31.4 Å². The maximum atomic E-state index is 12.0. The molecule has 0 atom stereocenters. The predicted octanol–water partition coefficient (Wildman–Crippen LogP) is 2.61. The van der Waals surface area contributed by atoms with Gasteiger partial charge in [0.05, 0.1) is 0 Å². The molecule has 0 bridgehead atoms. The van der Waals surface area contributed by atoms with Crippen LogP contribution in [0.2, 0.25) is 5.02 Å². The van der Waals surface area contributed by atoms with E-state index in [0.29, 0.717) is 11.6 Å². The molecule has 0 aromatic heterocycles. The SMILES string of the molecule is NCc1ccc(C2([O])CCC2)cc1Cl. The second-order valence-electron chi connectivity index (χ2n) is 3.86. The fourth-order valence-electron chi connectivity index (χ4n) is 1.78. The van der Waals surface area contributed by atoms with E-state index in [0.717, 1.165) is 30.4 Å². The molecular formula is C11H13ClNO. The fraction of sp³-hybridized carbons (Fsp3) is 0.455. The second kappa shape index (κ2) is 3.54. The lowest BCUT2D eigenvalue weighted by Gasteiger charge is -2.34. The van der Waals surface area contributed by atoms with Crippen molar-refractivity contribution >= 4 is 11.6 Å². The highest BCUT2D eigenvalue weighted by Gasteiger charge is 2.38. The van der Waals surface area contributed by atoms with E-state index in [1.54, 1.807) is 6.07 Å². The van der Waals surface area contributed by atoms with Crippen LogP contribution in [0.3, 0.4) is 0 Å². The van der Waals surface area contributed by atoms with Crippen molar-refractivity contribution in [3.8, 4) is 0 Å². The van der Waals surface area contributed by atoms with E-state index in [2.05, 4.69) is 0 Å². The summed E-state index contributed by atoms with van der Waals surface area (Å²) >= 11 is 6.00. The van der Waals surface area contributed by atoms with Crippen LogP contribution in [0.5, 0.6) is 0 Å². The highest BCUT2D eigenvalue weighted by Crippen LogP contribution is 2.42. The Balaban J connectivity index is 2.32. The van der Waals surface area contributed by atoms with E-state index in [-0.39, 0.29) is 0 Å². The molecule has 0 spiro atoms. The Morgan fingerprint density at radius 2 is 2.14 bits per heavy atom. The summed E-state index contributed by atoms with van der Waals surface area (Å²) < 4.78 is 0. The number of rotatable bonds is 2. The first-order chi connectivity index (χ1) is 6.65. The molecule has 1 aromatic rings. The standard InChI is InChI=1S/C11H13ClNO/c12-10-6-9(3-2-8(10)7-13)11(14)4-1-5-11/h2-3,6H,1,4-5,7,13H2. The predicted molar refractivity (Wildman–Crippen MR) is 55.6 cm³/mol. The van der Waals surface area contributed by atoms with Crippen molar-refractivity contribution in [1.29, 1.82) is 0 Å². The third kappa shape index (κ3) is 1.54. The fourth-order valence-corrected chi connectivity index (χ4v) is 2.04. The van der Waals surface area contributed by atoms with Crippen LogP contribution in [0.15, 0.2) is 18.2 Å². The van der Waals surface area contributed by atoms with E-state index in [1.807, 2.05) is 12.1 Å². The summed E-state index contributed by atoms with van der Waals surface area (Å²) in [4.78, 5) is 0. The van der Waals surface area contributed by atoms with Crippen LogP contribution in [0.4, 0.5) is 0 Å². The van der Waals surface area contributed by atoms with E-state index in [9.17, 15) is 5.11 Å². The first-order valence-corrected chi connectivity index (χ1v) is 5.23. The lowest BCUT2D eigenvalue weighted by atomic mass is 9.75. The summed E-state index contributed by atoms with van der Waals surface area (Å²) in [6.45, 7) is 0.422. The first-order valence-electron chi connectivity index (χ1n) is 4.85. The molecule has 14 heavy (non-hydrogen) atoms. The molecule has 2 rings (SSSR count). The molecule has 1 fully saturated rings. The van der Waals surface area contributed by atoms with E-state index in [4.69, 9.17) is 17.3 Å². The highest BCUT2D eigenvalue weighted by atomic mass is 35.5. The van der Waals surface area contributed by atoms with Crippen molar-refractivity contribution in [1.82, 2.24) is 0 Å². The Morgan fingerprint density at radius 1 is 1.43 bits per heavy atom. The van der Waals surface area contributed by atoms with Crippen LogP contribution in [0.1, 0.15) is 30.4 Å². The number of benzene rings is 1. The molecule has 0 heterocycles. The molecule has 2 nitrogen and oxygen atoms in total. The molecule has 0 aliphatic heterocycles. The number of halogens is 1. The zero-order valence-electron chi connectivity index (χ0n) is 7.92. The smallest absolute Gasteiger partial charge is 0.129 e. The van der Waals surface area contributed by atoms with Gasteiger partial charge in [-0.05, 0) is 36.5 Å². The minimum Gasteiger partial charge on any atom is -0.326 e. The van der Waals surface area contributed by atoms with Gasteiger partial charge < -0.3 is 5.73 Å². The van der Waals surface area contributed by atoms with Crippen LogP contribution in [0.25, 0.3) is 0 Å². The molecule has 1 radical (unpaired) electrons. The molecule has 1 aliphatic carbocycles. The first kappa shape index (κ1) is 9.97. The monoisotopic (exact) mass is 210 g/mol. The third-order valence-electron chi connectivity index (χ3n) is 2.96. The minimum absolute atomic E-state index is 0.422. The van der Waals surface area contributed by atoms with Crippen LogP contribution in [0, 0.1) is 0 Å². The summed E-state index contributed by atoms with van der Waals surface area (Å²) in [6.07, 6.45) is 2.48. The van der Waals surface area contributed by atoms with E-state index < -0.39 is 5.60 Å². The topological polar surface area (TPSA) is 45.9 Å². The highest BCUT2D eigenvalue weighted by molar-refractivity contribution is 6.31. The van der Waals surface area contributed by atoms with E-state index >= 15 is 0 Å². The van der Waals surface area contributed by atoms with Crippen LogP contribution in [-0.2, 0) is 17.3 Å². The Morgan fingerprint density at radius 3 is 2.57 bits per heavy atom. The van der Waals surface area contributed by atoms with Crippen molar-refractivity contribution in [3.05, 3.63) is 34.3 Å². The molecule has 1 aromatic carbocycles. The van der Waals surface area contributed by atoms with Gasteiger partial charge in [0.1, 0.15) is 5.60 Å². The number of hydrogen-bond donors (Lipinski definition) is 1. The van der Waals surface area contributed by atoms with Crippen molar-refractivity contribution in [2.75, 3.05) is 0 Å². The summed E-state index contributed by atoms with van der Waals surface area (Å²) in [7, 11) is 0. The van der Waals surface area contributed by atoms with Crippen LogP contribution in [-0.4, -0.2) is 0 Å². The third-order valence-corrected chi connectivity index (χ3v) is 3.31. The van der Waals surface area contributed by atoms with Gasteiger partial charge in [0.15, 0.2) is 0 Å². The van der Waals surface area contributed by atoms with Gasteiger partial charge in [-0.1, -0.05) is 23.7 Å². The summed E-state index contributed by atoms with van der Waals surface area (Å²) in [5.74, 6) is 0. The normalized spacial score (nSPS) is 19.1. The molecule has 0 amide bonds. The quantitative estimate of drug-likeness (QED) is 0.802. The van der Waals surface area contributed by atoms with E-state index in [1.165, 1.54) is 0 Å². The maximum Gasteiger partial charge on any atom is 0.129 e. The molecule has 0 saturated heterocycles.